The number of piperazine rings is 1. The number of piperidine rings is 2. The molecule has 6 aromatic rings. The molecule has 4 aliphatic heterocycles. The van der Waals surface area contributed by atoms with Gasteiger partial charge in [0.2, 0.25) is 17.8 Å². The van der Waals surface area contributed by atoms with Crippen molar-refractivity contribution in [2.24, 2.45) is 12.5 Å². The summed E-state index contributed by atoms with van der Waals surface area (Å²) in [6, 6.07) is 25.2. The number of hydrogen-bond donors (Lipinski definition) is 3. The number of aromatic nitrogens is 4. The van der Waals surface area contributed by atoms with Gasteiger partial charge in [0.25, 0.3) is 11.8 Å². The van der Waals surface area contributed by atoms with Crippen LogP contribution in [0.4, 0.5) is 34.5 Å². The molecule has 4 amide bonds. The molecular weight excluding hydrogens is 1030 g/mol. The maximum Gasteiger partial charge on any atom is 0.262 e. The van der Waals surface area contributed by atoms with Crippen LogP contribution >= 0.6 is 23.1 Å². The topological polar surface area (TPSA) is 187 Å². The first-order chi connectivity index (χ1) is 36.1. The van der Waals surface area contributed by atoms with E-state index < -0.39 is 30.9 Å². The zero-order chi connectivity index (χ0) is 52.2. The summed E-state index contributed by atoms with van der Waals surface area (Å²) >= 11 is 3.64. The number of anilines is 6. The van der Waals surface area contributed by atoms with Crippen molar-refractivity contribution in [2.45, 2.75) is 63.5 Å². The number of amides is 4. The maximum absolute atomic E-state index is 13.7. The van der Waals surface area contributed by atoms with E-state index in [9.17, 15) is 23.7 Å². The van der Waals surface area contributed by atoms with Gasteiger partial charge in [-0.1, -0.05) is 36.4 Å². The molecule has 75 heavy (non-hydrogen) atoms. The largest absolute Gasteiger partial charge is 0.494 e. The van der Waals surface area contributed by atoms with E-state index in [2.05, 4.69) is 68.8 Å². The smallest absolute Gasteiger partial charge is 0.262 e. The van der Waals surface area contributed by atoms with Crippen molar-refractivity contribution in [2.75, 3.05) is 80.1 Å². The summed E-state index contributed by atoms with van der Waals surface area (Å²) in [5.41, 5.74) is 8.34. The van der Waals surface area contributed by atoms with Crippen molar-refractivity contribution in [1.29, 1.82) is 0 Å². The average Bonchev–Trinajstić information content (AvgIpc) is 3.97. The molecule has 17 nitrogen and oxygen atoms in total. The molecule has 1 unspecified atom stereocenters. The lowest BCUT2D eigenvalue weighted by atomic mass is 9.66. The maximum atomic E-state index is 13.7. The lowest BCUT2D eigenvalue weighted by Gasteiger charge is -2.49. The average molecular weight is 1100 g/mol. The minimum atomic E-state index is -2.71. The summed E-state index contributed by atoms with van der Waals surface area (Å²) < 4.78 is 22.2. The molecule has 11 rings (SSSR count). The lowest BCUT2D eigenvalue weighted by molar-refractivity contribution is -0.136. The third-order valence-electron chi connectivity index (χ3n) is 16.1. The molecular formula is C56H61BrN11O6P. The lowest BCUT2D eigenvalue weighted by Crippen LogP contribution is -2.54. The molecule has 2 aromatic heterocycles. The molecule has 1 atom stereocenters. The summed E-state index contributed by atoms with van der Waals surface area (Å²) in [5.74, 6) is -0.419. The van der Waals surface area contributed by atoms with Crippen LogP contribution in [0.2, 0.25) is 0 Å². The summed E-state index contributed by atoms with van der Waals surface area (Å²) in [5, 5.41) is 14.4. The molecule has 19 heteroatoms. The Labute approximate surface area is 444 Å². The van der Waals surface area contributed by atoms with Crippen molar-refractivity contribution in [3.05, 3.63) is 113 Å². The van der Waals surface area contributed by atoms with Crippen molar-refractivity contribution in [1.82, 2.24) is 34.9 Å². The van der Waals surface area contributed by atoms with Crippen LogP contribution in [-0.4, -0.2) is 125 Å². The van der Waals surface area contributed by atoms with E-state index in [1.54, 1.807) is 32.7 Å². The molecule has 6 heterocycles. The summed E-state index contributed by atoms with van der Waals surface area (Å²) in [4.78, 5) is 69.2. The van der Waals surface area contributed by atoms with Crippen LogP contribution in [-0.2, 0) is 21.2 Å². The quantitative estimate of drug-likeness (QED) is 0.0780. The highest BCUT2D eigenvalue weighted by Gasteiger charge is 2.46. The first kappa shape index (κ1) is 50.3. The number of imide groups is 2. The predicted octanol–water partition coefficient (Wildman–Crippen LogP) is 8.80. The molecule has 0 radical (unpaired) electrons. The number of aryl methyl sites for hydroxylation is 1. The second kappa shape index (κ2) is 20.3. The van der Waals surface area contributed by atoms with E-state index in [0.29, 0.717) is 55.9 Å². The summed E-state index contributed by atoms with van der Waals surface area (Å²) in [6.07, 6.45) is 12.7. The van der Waals surface area contributed by atoms with Gasteiger partial charge >= 0.3 is 0 Å². The highest BCUT2D eigenvalue weighted by molar-refractivity contribution is 9.10. The van der Waals surface area contributed by atoms with Crippen LogP contribution in [0.3, 0.4) is 0 Å². The molecule has 3 saturated heterocycles. The second-order valence-electron chi connectivity index (χ2n) is 21.0. The first-order valence-corrected chi connectivity index (χ1v) is 29.2. The number of rotatable bonds is 12. The Morgan fingerprint density at radius 1 is 0.747 bits per heavy atom. The van der Waals surface area contributed by atoms with E-state index in [1.165, 1.54) is 12.8 Å². The van der Waals surface area contributed by atoms with Gasteiger partial charge in [0.15, 0.2) is 0 Å². The minimum absolute atomic E-state index is 0.0919. The second-order valence-corrected chi connectivity index (χ2v) is 25.0. The van der Waals surface area contributed by atoms with Crippen LogP contribution < -0.4 is 35.8 Å². The van der Waals surface area contributed by atoms with E-state index in [0.717, 1.165) is 109 Å². The molecule has 1 aliphatic carbocycles. The van der Waals surface area contributed by atoms with Crippen molar-refractivity contribution < 1.29 is 28.5 Å². The van der Waals surface area contributed by atoms with Crippen LogP contribution in [0.15, 0.2) is 102 Å². The first-order valence-electron chi connectivity index (χ1n) is 25.8. The summed E-state index contributed by atoms with van der Waals surface area (Å²) in [7, 11) is 0.883. The van der Waals surface area contributed by atoms with Crippen molar-refractivity contribution in [3.8, 4) is 28.0 Å². The fourth-order valence-corrected chi connectivity index (χ4v) is 13.3. The minimum Gasteiger partial charge on any atom is -0.494 e. The molecule has 5 aliphatic rings. The van der Waals surface area contributed by atoms with Crippen LogP contribution in [0.1, 0.15) is 72.1 Å². The van der Waals surface area contributed by atoms with E-state index in [4.69, 9.17) is 9.72 Å². The number of nitrogens with one attached hydrogen (secondary N) is 3. The number of halogens is 1. The molecule has 4 fully saturated rings. The van der Waals surface area contributed by atoms with Gasteiger partial charge in [-0.2, -0.15) is 10.1 Å². The van der Waals surface area contributed by atoms with Crippen LogP contribution in [0.5, 0.6) is 5.75 Å². The Morgan fingerprint density at radius 3 is 2.19 bits per heavy atom. The molecule has 3 N–H and O–H groups in total. The number of hydrogen-bond acceptors (Lipinski definition) is 14. The Bertz CT molecular complexity index is 3260. The zero-order valence-corrected chi connectivity index (χ0v) is 45.1. The number of benzene rings is 4. The third-order valence-corrected chi connectivity index (χ3v) is 18.2. The molecule has 4 aromatic carbocycles. The molecule has 388 valence electrons. The van der Waals surface area contributed by atoms with Crippen LogP contribution in [0.25, 0.3) is 22.3 Å². The third kappa shape index (κ3) is 10.1. The van der Waals surface area contributed by atoms with Gasteiger partial charge in [0, 0.05) is 105 Å². The highest BCUT2D eigenvalue weighted by atomic mass is 79.9. The van der Waals surface area contributed by atoms with Gasteiger partial charge in [-0.3, -0.25) is 39.0 Å². The van der Waals surface area contributed by atoms with E-state index in [-0.39, 0.29) is 18.7 Å². The number of ether oxygens (including phenoxy) is 1. The van der Waals surface area contributed by atoms with E-state index in [1.807, 2.05) is 84.8 Å². The van der Waals surface area contributed by atoms with Gasteiger partial charge in [-0.15, -0.1) is 0 Å². The van der Waals surface area contributed by atoms with Gasteiger partial charge in [-0.25, -0.2) is 4.98 Å². The zero-order valence-electron chi connectivity index (χ0n) is 42.6. The fourth-order valence-electron chi connectivity index (χ4n) is 11.8. The van der Waals surface area contributed by atoms with E-state index >= 15 is 0 Å². The van der Waals surface area contributed by atoms with Gasteiger partial charge in [0.05, 0.1) is 40.3 Å². The number of carbonyl (C=O) groups is 4. The highest BCUT2D eigenvalue weighted by Crippen LogP contribution is 2.48. The molecule has 0 bridgehead atoms. The van der Waals surface area contributed by atoms with Crippen molar-refractivity contribution in [3.63, 3.8) is 0 Å². The number of methoxy groups -OCH3 is 1. The van der Waals surface area contributed by atoms with Gasteiger partial charge < -0.3 is 29.7 Å². The SMILES string of the molecule is COc1cc(N2CCN(C3CCC4(CC3)CCN(c3ccc5c(c3)C(=O)N(C3CCC(=O)NC3=O)C5=O)CC4)CC2)c(-c2cnn(C)c2)cc1Nc1ncc(Br)c(Nc2ccc(-c3ccccc3)cc2P(C)(C)=O)n1. The predicted molar refractivity (Wildman–Crippen MR) is 295 cm³/mol. The molecule has 1 spiro atoms. The Balaban J connectivity index is 0.733. The standard InChI is InChI=1S/C56H61BrN11O6P/c1-64-34-37(32-59-64)41-30-45(61-55-58-33-43(57)51(63-55)60-44-13-10-36(28-49(44)75(3,4)73)35-8-6-5-7-9-35)48(74-2)31-47(41)67-26-24-66(25-27-67)38-16-18-56(19-17-38)20-22-65(23-21-56)39-11-12-40-42(29-39)54(72)68(53(40)71)46-14-15-50(69)62-52(46)70/h5-13,28-34,38,46H,14-27H2,1-4H3,(H,62,69,70)(H2,58,60,61,63). The van der Waals surface area contributed by atoms with Crippen molar-refractivity contribution >= 4 is 86.5 Å². The number of nitrogens with zero attached hydrogens (tertiary/aromatic N) is 8. The Hall–Kier alpha value is -6.88. The Kier molecular flexibility index (Phi) is 13.6. The van der Waals surface area contributed by atoms with Gasteiger partial charge in [0.1, 0.15) is 24.8 Å². The summed E-state index contributed by atoms with van der Waals surface area (Å²) in [6.45, 7) is 8.93. The number of carbonyl (C=O) groups excluding carboxylic acids is 4. The fraction of sp³-hybridized carbons (Fsp3) is 0.375. The van der Waals surface area contributed by atoms with Crippen LogP contribution in [0, 0.1) is 5.41 Å². The van der Waals surface area contributed by atoms with Gasteiger partial charge in [-0.05, 0) is 127 Å². The normalized spacial score (nSPS) is 19.4. The molecule has 1 saturated carbocycles. The number of fused-ring (bicyclic) bond motifs is 1. The monoisotopic (exact) mass is 1090 g/mol. The Morgan fingerprint density at radius 2 is 1.49 bits per heavy atom.